The molecule has 0 aliphatic carbocycles. The second-order valence-electron chi connectivity index (χ2n) is 6.10. The first kappa shape index (κ1) is 16.1. The van der Waals surface area contributed by atoms with Crippen LogP contribution < -0.4 is 15.4 Å². The number of carbonyl (C=O) groups excluding carboxylic acids is 2. The molecular weight excluding hydrogens is 304 g/mol. The van der Waals surface area contributed by atoms with E-state index < -0.39 is 6.10 Å². The van der Waals surface area contributed by atoms with Crippen LogP contribution in [-0.4, -0.2) is 17.9 Å². The van der Waals surface area contributed by atoms with Crippen LogP contribution in [0.4, 0.5) is 11.4 Å². The van der Waals surface area contributed by atoms with Gasteiger partial charge in [-0.05, 0) is 55.7 Å². The summed E-state index contributed by atoms with van der Waals surface area (Å²) in [7, 11) is 0. The van der Waals surface area contributed by atoms with Crippen LogP contribution >= 0.6 is 0 Å². The first-order chi connectivity index (χ1) is 11.4. The summed E-state index contributed by atoms with van der Waals surface area (Å²) in [6.45, 7) is 5.77. The summed E-state index contributed by atoms with van der Waals surface area (Å²) in [4.78, 5) is 23.9. The molecule has 1 heterocycles. The maximum atomic E-state index is 12.2. The van der Waals surface area contributed by atoms with Crippen LogP contribution in [-0.2, 0) is 16.0 Å². The fourth-order valence-electron chi connectivity index (χ4n) is 2.59. The summed E-state index contributed by atoms with van der Waals surface area (Å²) in [6.07, 6.45) is -0.208. The Balaban J connectivity index is 1.69. The van der Waals surface area contributed by atoms with E-state index in [4.69, 9.17) is 4.74 Å². The Hall–Kier alpha value is -2.82. The van der Waals surface area contributed by atoms with Crippen molar-refractivity contribution >= 4 is 23.2 Å². The molecule has 2 amide bonds. The van der Waals surface area contributed by atoms with Gasteiger partial charge in [0.15, 0.2) is 6.10 Å². The molecule has 0 radical (unpaired) electrons. The van der Waals surface area contributed by atoms with Gasteiger partial charge in [0.25, 0.3) is 5.91 Å². The van der Waals surface area contributed by atoms with Gasteiger partial charge in [-0.15, -0.1) is 0 Å². The molecule has 5 heteroatoms. The summed E-state index contributed by atoms with van der Waals surface area (Å²) in [6, 6.07) is 11.2. The SMILES string of the molecule is Cc1ccc(CC(=O)Nc2ccc3c(c2)NC(=O)[C@@H](C)O3)cc1C. The zero-order chi connectivity index (χ0) is 17.3. The van der Waals surface area contributed by atoms with Crippen LogP contribution in [0.3, 0.4) is 0 Å². The van der Waals surface area contributed by atoms with Crippen LogP contribution in [0.2, 0.25) is 0 Å². The van der Waals surface area contributed by atoms with Crippen molar-refractivity contribution in [3.8, 4) is 5.75 Å². The maximum absolute atomic E-state index is 12.2. The number of rotatable bonds is 3. The van der Waals surface area contributed by atoms with Gasteiger partial charge in [0.05, 0.1) is 12.1 Å². The number of ether oxygens (including phenoxy) is 1. The van der Waals surface area contributed by atoms with E-state index in [1.54, 1.807) is 25.1 Å². The smallest absolute Gasteiger partial charge is 0.265 e. The van der Waals surface area contributed by atoms with Gasteiger partial charge in [-0.2, -0.15) is 0 Å². The minimum Gasteiger partial charge on any atom is -0.479 e. The van der Waals surface area contributed by atoms with Crippen LogP contribution in [0, 0.1) is 13.8 Å². The van der Waals surface area contributed by atoms with Crippen LogP contribution in [0.25, 0.3) is 0 Å². The van der Waals surface area contributed by atoms with Crippen molar-refractivity contribution in [2.75, 3.05) is 10.6 Å². The Bertz CT molecular complexity index is 814. The minimum atomic E-state index is -0.511. The molecule has 1 aliphatic rings. The van der Waals surface area contributed by atoms with Gasteiger partial charge in [0.1, 0.15) is 5.75 Å². The number of anilines is 2. The molecule has 3 rings (SSSR count). The number of hydrogen-bond donors (Lipinski definition) is 2. The predicted molar refractivity (Wildman–Crippen MR) is 93.4 cm³/mol. The van der Waals surface area contributed by atoms with Gasteiger partial charge >= 0.3 is 0 Å². The third-order valence-electron chi connectivity index (χ3n) is 4.13. The quantitative estimate of drug-likeness (QED) is 0.911. The summed E-state index contributed by atoms with van der Waals surface area (Å²) in [5, 5.41) is 5.63. The van der Waals surface area contributed by atoms with Gasteiger partial charge in [-0.3, -0.25) is 9.59 Å². The van der Waals surface area contributed by atoms with Crippen molar-refractivity contribution in [2.45, 2.75) is 33.3 Å². The molecule has 2 aromatic carbocycles. The van der Waals surface area contributed by atoms with Gasteiger partial charge in [-0.25, -0.2) is 0 Å². The molecule has 0 fully saturated rings. The lowest BCUT2D eigenvalue weighted by Crippen LogP contribution is -2.34. The topological polar surface area (TPSA) is 67.4 Å². The van der Waals surface area contributed by atoms with E-state index in [9.17, 15) is 9.59 Å². The van der Waals surface area contributed by atoms with Crippen LogP contribution in [0.5, 0.6) is 5.75 Å². The summed E-state index contributed by atoms with van der Waals surface area (Å²) in [5.74, 6) is 0.310. The minimum absolute atomic E-state index is 0.102. The average Bonchev–Trinajstić information content (AvgIpc) is 2.52. The van der Waals surface area contributed by atoms with Gasteiger partial charge in [0, 0.05) is 5.69 Å². The second-order valence-corrected chi connectivity index (χ2v) is 6.10. The van der Waals surface area contributed by atoms with Crippen molar-refractivity contribution < 1.29 is 14.3 Å². The normalized spacial score (nSPS) is 16.0. The number of nitrogens with one attached hydrogen (secondary N) is 2. The highest BCUT2D eigenvalue weighted by Crippen LogP contribution is 2.32. The van der Waals surface area contributed by atoms with E-state index in [1.165, 1.54) is 11.1 Å². The van der Waals surface area contributed by atoms with Gasteiger partial charge < -0.3 is 15.4 Å². The highest BCUT2D eigenvalue weighted by Gasteiger charge is 2.23. The molecule has 1 atom stereocenters. The molecule has 0 aromatic heterocycles. The second kappa shape index (κ2) is 6.35. The lowest BCUT2D eigenvalue weighted by atomic mass is 10.0. The lowest BCUT2D eigenvalue weighted by molar-refractivity contribution is -0.122. The lowest BCUT2D eigenvalue weighted by Gasteiger charge is -2.23. The van der Waals surface area contributed by atoms with E-state index in [0.717, 1.165) is 5.56 Å². The maximum Gasteiger partial charge on any atom is 0.265 e. The summed E-state index contributed by atoms with van der Waals surface area (Å²) < 4.78 is 5.50. The van der Waals surface area contributed by atoms with E-state index in [-0.39, 0.29) is 11.8 Å². The molecule has 2 N–H and O–H groups in total. The molecule has 0 spiro atoms. The fourth-order valence-corrected chi connectivity index (χ4v) is 2.59. The predicted octanol–water partition coefficient (Wildman–Crippen LogP) is 3.20. The third-order valence-corrected chi connectivity index (χ3v) is 4.13. The largest absolute Gasteiger partial charge is 0.479 e. The number of hydrogen-bond acceptors (Lipinski definition) is 3. The highest BCUT2D eigenvalue weighted by atomic mass is 16.5. The molecule has 5 nitrogen and oxygen atoms in total. The molecule has 124 valence electrons. The standard InChI is InChI=1S/C19H20N2O3/c1-11-4-5-14(8-12(11)2)9-18(22)20-15-6-7-17-16(10-15)21-19(23)13(3)24-17/h4-8,10,13H,9H2,1-3H3,(H,20,22)(H,21,23)/t13-/m1/s1. The van der Waals surface area contributed by atoms with Crippen molar-refractivity contribution in [3.05, 3.63) is 53.1 Å². The molecule has 0 unspecified atom stereocenters. The van der Waals surface area contributed by atoms with Crippen molar-refractivity contribution in [1.29, 1.82) is 0 Å². The zero-order valence-corrected chi connectivity index (χ0v) is 14.0. The van der Waals surface area contributed by atoms with Crippen molar-refractivity contribution in [1.82, 2.24) is 0 Å². The molecule has 24 heavy (non-hydrogen) atoms. The first-order valence-electron chi connectivity index (χ1n) is 7.90. The molecule has 0 bridgehead atoms. The zero-order valence-electron chi connectivity index (χ0n) is 14.0. The molecule has 1 aliphatic heterocycles. The third kappa shape index (κ3) is 3.40. The van der Waals surface area contributed by atoms with Crippen LogP contribution in [0.15, 0.2) is 36.4 Å². The molecule has 0 saturated carbocycles. The van der Waals surface area contributed by atoms with E-state index >= 15 is 0 Å². The highest BCUT2D eigenvalue weighted by molar-refractivity contribution is 5.99. The number of aryl methyl sites for hydroxylation is 2. The molecule has 2 aromatic rings. The summed E-state index contributed by atoms with van der Waals surface area (Å²) in [5.41, 5.74) is 4.55. The Morgan fingerprint density at radius 1 is 1.17 bits per heavy atom. The summed E-state index contributed by atoms with van der Waals surface area (Å²) >= 11 is 0. The number of benzene rings is 2. The Labute approximate surface area is 141 Å². The number of fused-ring (bicyclic) bond motifs is 1. The number of amides is 2. The Morgan fingerprint density at radius 2 is 1.96 bits per heavy atom. The monoisotopic (exact) mass is 324 g/mol. The van der Waals surface area contributed by atoms with E-state index in [1.807, 2.05) is 32.0 Å². The Morgan fingerprint density at radius 3 is 2.71 bits per heavy atom. The molecule has 0 saturated heterocycles. The van der Waals surface area contributed by atoms with Crippen molar-refractivity contribution in [2.24, 2.45) is 0 Å². The number of carbonyl (C=O) groups is 2. The molecular formula is C19H20N2O3. The van der Waals surface area contributed by atoms with E-state index in [0.29, 0.717) is 23.5 Å². The Kier molecular flexibility index (Phi) is 4.25. The van der Waals surface area contributed by atoms with Crippen LogP contribution in [0.1, 0.15) is 23.6 Å². The first-order valence-corrected chi connectivity index (χ1v) is 7.90. The van der Waals surface area contributed by atoms with Crippen molar-refractivity contribution in [3.63, 3.8) is 0 Å². The van der Waals surface area contributed by atoms with Gasteiger partial charge in [0.2, 0.25) is 5.91 Å². The average molecular weight is 324 g/mol. The van der Waals surface area contributed by atoms with Gasteiger partial charge in [-0.1, -0.05) is 18.2 Å². The fraction of sp³-hybridized carbons (Fsp3) is 0.263. The van der Waals surface area contributed by atoms with E-state index in [2.05, 4.69) is 10.6 Å².